The molecular weight excluding hydrogens is 330 g/mol. The summed E-state index contributed by atoms with van der Waals surface area (Å²) in [5.74, 6) is -0.742. The smallest absolute Gasteiger partial charge is 0.407 e. The lowest BCUT2D eigenvalue weighted by Gasteiger charge is -2.41. The highest BCUT2D eigenvalue weighted by molar-refractivity contribution is 5.95. The summed E-state index contributed by atoms with van der Waals surface area (Å²) < 4.78 is 4.91. The van der Waals surface area contributed by atoms with Gasteiger partial charge in [-0.05, 0) is 25.5 Å². The van der Waals surface area contributed by atoms with Crippen LogP contribution in [0.5, 0.6) is 0 Å². The third kappa shape index (κ3) is 3.98. The molecule has 0 aromatic heterocycles. The van der Waals surface area contributed by atoms with E-state index < -0.39 is 17.0 Å². The molecule has 1 saturated heterocycles. The minimum atomic E-state index is -0.964. The zero-order valence-corrected chi connectivity index (χ0v) is 14.2. The van der Waals surface area contributed by atoms with Crippen LogP contribution in [0.15, 0.2) is 18.2 Å². The molecule has 0 spiro atoms. The van der Waals surface area contributed by atoms with Crippen molar-refractivity contribution < 1.29 is 24.4 Å². The number of nitrogens with zero attached hydrogens (tertiary/aromatic N) is 3. The van der Waals surface area contributed by atoms with Gasteiger partial charge in [0.1, 0.15) is 5.56 Å². The van der Waals surface area contributed by atoms with Crippen molar-refractivity contribution in [3.05, 3.63) is 33.9 Å². The molecule has 2 rings (SSSR count). The van der Waals surface area contributed by atoms with E-state index in [1.165, 1.54) is 17.0 Å². The lowest BCUT2D eigenvalue weighted by Crippen LogP contribution is -2.54. The molecule has 9 heteroatoms. The second-order valence-electron chi connectivity index (χ2n) is 5.66. The summed E-state index contributed by atoms with van der Waals surface area (Å²) in [5.41, 5.74) is 0.241. The summed E-state index contributed by atoms with van der Waals surface area (Å²) in [6.45, 7) is 4.82. The van der Waals surface area contributed by atoms with Crippen molar-refractivity contribution in [3.8, 4) is 0 Å². The summed E-state index contributed by atoms with van der Waals surface area (Å²) in [5, 5.41) is 20.3. The quantitative estimate of drug-likeness (QED) is 0.492. The van der Waals surface area contributed by atoms with Crippen molar-refractivity contribution in [1.82, 2.24) is 4.90 Å². The Balaban J connectivity index is 2.35. The van der Waals surface area contributed by atoms with Gasteiger partial charge >= 0.3 is 12.1 Å². The monoisotopic (exact) mass is 351 g/mol. The minimum Gasteiger partial charge on any atom is -0.465 e. The highest BCUT2D eigenvalue weighted by Gasteiger charge is 2.30. The van der Waals surface area contributed by atoms with Crippen LogP contribution in [0, 0.1) is 10.1 Å². The van der Waals surface area contributed by atoms with Gasteiger partial charge in [-0.2, -0.15) is 0 Å². The SMILES string of the molecule is CCOC(=O)c1cc(N2CCN(C(=O)O)CC2CC)ccc1[N+](=O)[O-]. The second-order valence-corrected chi connectivity index (χ2v) is 5.66. The molecule has 0 saturated carbocycles. The van der Waals surface area contributed by atoms with Crippen LogP contribution in [0.25, 0.3) is 0 Å². The van der Waals surface area contributed by atoms with E-state index in [4.69, 9.17) is 9.84 Å². The van der Waals surface area contributed by atoms with E-state index >= 15 is 0 Å². The van der Waals surface area contributed by atoms with Gasteiger partial charge < -0.3 is 19.6 Å². The van der Waals surface area contributed by atoms with Gasteiger partial charge in [-0.15, -0.1) is 0 Å². The fourth-order valence-corrected chi connectivity index (χ4v) is 2.95. The first-order valence-electron chi connectivity index (χ1n) is 8.09. The van der Waals surface area contributed by atoms with Crippen LogP contribution in [0.3, 0.4) is 0 Å². The van der Waals surface area contributed by atoms with Crippen molar-refractivity contribution in [2.75, 3.05) is 31.1 Å². The average molecular weight is 351 g/mol. The summed E-state index contributed by atoms with van der Waals surface area (Å²) in [6.07, 6.45) is -0.260. The summed E-state index contributed by atoms with van der Waals surface area (Å²) in [4.78, 5) is 37.1. The Labute approximate surface area is 144 Å². The van der Waals surface area contributed by atoms with Crippen LogP contribution in [0.4, 0.5) is 16.2 Å². The molecule has 136 valence electrons. The molecule has 0 aliphatic carbocycles. The highest BCUT2D eigenvalue weighted by atomic mass is 16.6. The largest absolute Gasteiger partial charge is 0.465 e. The Morgan fingerprint density at radius 1 is 1.36 bits per heavy atom. The van der Waals surface area contributed by atoms with E-state index in [1.54, 1.807) is 13.0 Å². The van der Waals surface area contributed by atoms with Crippen LogP contribution >= 0.6 is 0 Å². The van der Waals surface area contributed by atoms with Crippen LogP contribution in [0.2, 0.25) is 0 Å². The number of nitro benzene ring substituents is 1. The number of amides is 1. The molecule has 25 heavy (non-hydrogen) atoms. The van der Waals surface area contributed by atoms with Gasteiger partial charge in [0.2, 0.25) is 0 Å². The molecule has 1 aliphatic heterocycles. The Kier molecular flexibility index (Phi) is 5.79. The van der Waals surface area contributed by atoms with E-state index in [0.717, 1.165) is 0 Å². The second kappa shape index (κ2) is 7.82. The van der Waals surface area contributed by atoms with Gasteiger partial charge in [-0.1, -0.05) is 6.92 Å². The number of carbonyl (C=O) groups is 2. The maximum atomic E-state index is 12.1. The van der Waals surface area contributed by atoms with Crippen LogP contribution in [-0.4, -0.2) is 59.3 Å². The van der Waals surface area contributed by atoms with Crippen LogP contribution in [0.1, 0.15) is 30.6 Å². The highest BCUT2D eigenvalue weighted by Crippen LogP contribution is 2.29. The predicted octanol–water partition coefficient (Wildman–Crippen LogP) is 2.35. The maximum Gasteiger partial charge on any atom is 0.407 e. The van der Waals surface area contributed by atoms with E-state index in [-0.39, 0.29) is 23.9 Å². The number of piperazine rings is 1. The van der Waals surface area contributed by atoms with Crippen molar-refractivity contribution in [2.24, 2.45) is 0 Å². The zero-order valence-electron chi connectivity index (χ0n) is 14.2. The van der Waals surface area contributed by atoms with Gasteiger partial charge in [-0.3, -0.25) is 10.1 Å². The number of hydrogen-bond donors (Lipinski definition) is 1. The summed E-state index contributed by atoms with van der Waals surface area (Å²) in [7, 11) is 0. The zero-order chi connectivity index (χ0) is 18.6. The molecule has 1 unspecified atom stereocenters. The first-order chi connectivity index (χ1) is 11.9. The molecule has 1 heterocycles. The van der Waals surface area contributed by atoms with Crippen molar-refractivity contribution >= 4 is 23.4 Å². The normalized spacial score (nSPS) is 17.3. The first kappa shape index (κ1) is 18.5. The van der Waals surface area contributed by atoms with Crippen molar-refractivity contribution in [2.45, 2.75) is 26.3 Å². The van der Waals surface area contributed by atoms with Gasteiger partial charge in [0.25, 0.3) is 5.69 Å². The van der Waals surface area contributed by atoms with Gasteiger partial charge in [0.15, 0.2) is 0 Å². The molecule has 1 aliphatic rings. The number of rotatable bonds is 5. The average Bonchev–Trinajstić information content (AvgIpc) is 2.60. The van der Waals surface area contributed by atoms with E-state index in [1.807, 2.05) is 11.8 Å². The number of esters is 1. The fourth-order valence-electron chi connectivity index (χ4n) is 2.95. The molecule has 0 bridgehead atoms. The number of anilines is 1. The Morgan fingerprint density at radius 2 is 2.08 bits per heavy atom. The third-order valence-electron chi connectivity index (χ3n) is 4.23. The molecule has 0 radical (unpaired) electrons. The maximum absolute atomic E-state index is 12.1. The van der Waals surface area contributed by atoms with E-state index in [2.05, 4.69) is 0 Å². The molecule has 1 fully saturated rings. The topological polar surface area (TPSA) is 113 Å². The number of ether oxygens (including phenoxy) is 1. The molecule has 1 N–H and O–H groups in total. The molecule has 1 aromatic rings. The number of benzene rings is 1. The summed E-state index contributed by atoms with van der Waals surface area (Å²) in [6, 6.07) is 4.26. The Bertz CT molecular complexity index is 678. The minimum absolute atomic E-state index is 0.0682. The third-order valence-corrected chi connectivity index (χ3v) is 4.23. The number of carboxylic acid groups (broad SMARTS) is 1. The molecule has 1 atom stereocenters. The number of nitro groups is 1. The Hall–Kier alpha value is -2.84. The molecule has 9 nitrogen and oxygen atoms in total. The van der Waals surface area contributed by atoms with Gasteiger partial charge in [0, 0.05) is 37.4 Å². The fraction of sp³-hybridized carbons (Fsp3) is 0.500. The number of hydrogen-bond acceptors (Lipinski definition) is 6. The Morgan fingerprint density at radius 3 is 2.64 bits per heavy atom. The first-order valence-corrected chi connectivity index (χ1v) is 8.09. The van der Waals surface area contributed by atoms with Crippen LogP contribution in [-0.2, 0) is 4.74 Å². The van der Waals surface area contributed by atoms with E-state index in [9.17, 15) is 19.7 Å². The number of carbonyl (C=O) groups excluding carboxylic acids is 1. The standard InChI is InChI=1S/C16H21N3O6/c1-3-11-10-17(16(21)22)7-8-18(11)12-5-6-14(19(23)24)13(9-12)15(20)25-4-2/h5-6,9,11H,3-4,7-8,10H2,1-2H3,(H,21,22). The molecule has 1 aromatic carbocycles. The summed E-state index contributed by atoms with van der Waals surface area (Å²) >= 11 is 0. The molecule has 1 amide bonds. The van der Waals surface area contributed by atoms with Crippen LogP contribution < -0.4 is 4.90 Å². The lowest BCUT2D eigenvalue weighted by atomic mass is 10.1. The van der Waals surface area contributed by atoms with Gasteiger partial charge in [-0.25, -0.2) is 9.59 Å². The lowest BCUT2D eigenvalue weighted by molar-refractivity contribution is -0.385. The van der Waals surface area contributed by atoms with Gasteiger partial charge in [0.05, 0.1) is 11.5 Å². The van der Waals surface area contributed by atoms with Crippen molar-refractivity contribution in [3.63, 3.8) is 0 Å². The predicted molar refractivity (Wildman–Crippen MR) is 90.1 cm³/mol. The van der Waals surface area contributed by atoms with E-state index in [0.29, 0.717) is 31.7 Å². The molecular formula is C16H21N3O6. The van der Waals surface area contributed by atoms with Crippen molar-refractivity contribution in [1.29, 1.82) is 0 Å².